The summed E-state index contributed by atoms with van der Waals surface area (Å²) in [6.45, 7) is 9.61. The van der Waals surface area contributed by atoms with E-state index in [9.17, 15) is 0 Å². The molecular formula is C16H18Se. The zero-order chi connectivity index (χ0) is 12.3. The summed E-state index contributed by atoms with van der Waals surface area (Å²) in [7, 11) is 0. The van der Waals surface area contributed by atoms with Gasteiger partial charge in [0, 0.05) is 0 Å². The van der Waals surface area contributed by atoms with Crippen molar-refractivity contribution in [1.29, 1.82) is 0 Å². The van der Waals surface area contributed by atoms with Gasteiger partial charge in [-0.15, -0.1) is 0 Å². The fourth-order valence-electron chi connectivity index (χ4n) is 3.09. The molecule has 88 valence electrons. The van der Waals surface area contributed by atoms with E-state index in [4.69, 9.17) is 0 Å². The van der Waals surface area contributed by atoms with E-state index in [-0.39, 0.29) is 0 Å². The molecule has 2 aromatic carbocycles. The molecule has 0 nitrogen and oxygen atoms in total. The molecule has 0 saturated carbocycles. The minimum atomic E-state index is 0.338. The van der Waals surface area contributed by atoms with Gasteiger partial charge >= 0.3 is 110 Å². The summed E-state index contributed by atoms with van der Waals surface area (Å²) < 4.78 is 0.675. The molecule has 0 bridgehead atoms. The van der Waals surface area contributed by atoms with E-state index in [2.05, 4.69) is 64.1 Å². The maximum absolute atomic E-state index is 2.40. The first-order valence-electron chi connectivity index (χ1n) is 6.15. The molecule has 2 aromatic rings. The molecule has 0 saturated heterocycles. The van der Waals surface area contributed by atoms with E-state index in [1.807, 2.05) is 0 Å². The fourth-order valence-corrected chi connectivity index (χ4v) is 6.94. The Labute approximate surface area is 110 Å². The summed E-state index contributed by atoms with van der Waals surface area (Å²) in [5.74, 6) is 0. The average molecular weight is 289 g/mol. The Bertz CT molecular complexity index is 545. The Kier molecular flexibility index (Phi) is 2.24. The second-order valence-corrected chi connectivity index (χ2v) is 10.5. The van der Waals surface area contributed by atoms with E-state index in [1.54, 1.807) is 11.1 Å². The summed E-state index contributed by atoms with van der Waals surface area (Å²) in [5.41, 5.74) is 3.09. The molecule has 1 aliphatic rings. The molecule has 3 rings (SSSR count). The molecule has 0 atom stereocenters. The molecule has 0 N–H and O–H groups in total. The molecule has 0 spiro atoms. The van der Waals surface area contributed by atoms with E-state index in [0.29, 0.717) is 23.6 Å². The van der Waals surface area contributed by atoms with Crippen LogP contribution in [0, 0.1) is 0 Å². The Morgan fingerprint density at radius 2 is 1.24 bits per heavy atom. The molecule has 17 heavy (non-hydrogen) atoms. The average Bonchev–Trinajstić information content (AvgIpc) is 2.24. The molecule has 0 aliphatic carbocycles. The van der Waals surface area contributed by atoms with Crippen LogP contribution < -0.4 is 0 Å². The first-order valence-corrected chi connectivity index (χ1v) is 7.86. The first-order chi connectivity index (χ1) is 7.92. The predicted octanol–water partition coefficient (Wildman–Crippen LogP) is 4.03. The molecule has 0 amide bonds. The van der Waals surface area contributed by atoms with Crippen molar-refractivity contribution in [3.05, 3.63) is 47.5 Å². The SMILES string of the molecule is CC1(C)[Se]C(C)(C)c2cccc3cccc1c23. The van der Waals surface area contributed by atoms with Crippen molar-refractivity contribution in [3.63, 3.8) is 0 Å². The Balaban J connectivity index is 2.50. The van der Waals surface area contributed by atoms with Crippen LogP contribution >= 0.6 is 0 Å². The van der Waals surface area contributed by atoms with Crippen molar-refractivity contribution in [3.8, 4) is 0 Å². The van der Waals surface area contributed by atoms with Gasteiger partial charge in [0.2, 0.25) is 0 Å². The molecular weight excluding hydrogens is 271 g/mol. The monoisotopic (exact) mass is 290 g/mol. The van der Waals surface area contributed by atoms with Crippen LogP contribution in [-0.4, -0.2) is 15.0 Å². The molecule has 0 fully saturated rings. The Morgan fingerprint density at radius 3 is 1.71 bits per heavy atom. The van der Waals surface area contributed by atoms with Crippen LogP contribution in [0.1, 0.15) is 38.8 Å². The topological polar surface area (TPSA) is 0 Å². The third-order valence-corrected chi connectivity index (χ3v) is 6.78. The molecule has 0 radical (unpaired) electrons. The van der Waals surface area contributed by atoms with Gasteiger partial charge in [-0.2, -0.15) is 0 Å². The van der Waals surface area contributed by atoms with Crippen LogP contribution in [-0.2, 0) is 8.63 Å². The number of rotatable bonds is 0. The second kappa shape index (κ2) is 3.37. The van der Waals surface area contributed by atoms with Gasteiger partial charge < -0.3 is 0 Å². The summed E-state index contributed by atoms with van der Waals surface area (Å²) in [6, 6.07) is 13.5. The van der Waals surface area contributed by atoms with Crippen LogP contribution in [0.5, 0.6) is 0 Å². The number of benzene rings is 2. The van der Waals surface area contributed by atoms with Gasteiger partial charge in [0.15, 0.2) is 0 Å². The molecule has 1 heteroatoms. The van der Waals surface area contributed by atoms with Crippen molar-refractivity contribution in [2.24, 2.45) is 0 Å². The van der Waals surface area contributed by atoms with E-state index < -0.39 is 0 Å². The Morgan fingerprint density at radius 1 is 0.765 bits per heavy atom. The summed E-state index contributed by atoms with van der Waals surface area (Å²) in [4.78, 5) is 0. The van der Waals surface area contributed by atoms with Gasteiger partial charge in [-0.05, 0) is 0 Å². The molecule has 1 aliphatic heterocycles. The van der Waals surface area contributed by atoms with E-state index >= 15 is 0 Å². The van der Waals surface area contributed by atoms with Crippen molar-refractivity contribution in [2.75, 3.05) is 0 Å². The summed E-state index contributed by atoms with van der Waals surface area (Å²) in [5, 5.41) is 2.91. The van der Waals surface area contributed by atoms with Gasteiger partial charge in [-0.25, -0.2) is 0 Å². The quantitative estimate of drug-likeness (QED) is 0.642. The minimum absolute atomic E-state index is 0.338. The number of hydrogen-bond donors (Lipinski definition) is 0. The zero-order valence-electron chi connectivity index (χ0n) is 10.9. The van der Waals surface area contributed by atoms with Crippen molar-refractivity contribution >= 4 is 25.7 Å². The summed E-state index contributed by atoms with van der Waals surface area (Å²) >= 11 is 0.586. The first kappa shape index (κ1) is 11.3. The van der Waals surface area contributed by atoms with Gasteiger partial charge in [0.05, 0.1) is 0 Å². The normalized spacial score (nSPS) is 20.5. The number of hydrogen-bond acceptors (Lipinski definition) is 0. The standard InChI is InChI=1S/C16H18Se/c1-15(2)12-9-5-7-11-8-6-10-13(14(11)12)16(3,4)17-15/h5-10H,1-4H3. The van der Waals surface area contributed by atoms with Crippen LogP contribution in [0.25, 0.3) is 10.8 Å². The van der Waals surface area contributed by atoms with Crippen LogP contribution in [0.15, 0.2) is 36.4 Å². The van der Waals surface area contributed by atoms with Gasteiger partial charge in [0.1, 0.15) is 0 Å². The van der Waals surface area contributed by atoms with Crippen LogP contribution in [0.4, 0.5) is 0 Å². The molecule has 1 heterocycles. The molecule has 0 unspecified atom stereocenters. The van der Waals surface area contributed by atoms with Crippen LogP contribution in [0.2, 0.25) is 0 Å². The zero-order valence-corrected chi connectivity index (χ0v) is 12.6. The van der Waals surface area contributed by atoms with E-state index in [1.165, 1.54) is 10.8 Å². The third kappa shape index (κ3) is 1.57. The maximum atomic E-state index is 2.40. The van der Waals surface area contributed by atoms with Crippen molar-refractivity contribution in [2.45, 2.75) is 36.3 Å². The fraction of sp³-hybridized carbons (Fsp3) is 0.375. The van der Waals surface area contributed by atoms with Gasteiger partial charge in [-0.3, -0.25) is 0 Å². The van der Waals surface area contributed by atoms with Crippen molar-refractivity contribution < 1.29 is 0 Å². The van der Waals surface area contributed by atoms with Crippen molar-refractivity contribution in [1.82, 2.24) is 0 Å². The Hall–Kier alpha value is -0.781. The second-order valence-electron chi connectivity index (χ2n) is 5.83. The van der Waals surface area contributed by atoms with Crippen LogP contribution in [0.3, 0.4) is 0 Å². The molecule has 0 aromatic heterocycles. The third-order valence-electron chi connectivity index (χ3n) is 3.71. The predicted molar refractivity (Wildman–Crippen MR) is 75.8 cm³/mol. The van der Waals surface area contributed by atoms with Gasteiger partial charge in [0.25, 0.3) is 0 Å². The summed E-state index contributed by atoms with van der Waals surface area (Å²) in [6.07, 6.45) is 0. The van der Waals surface area contributed by atoms with Gasteiger partial charge in [-0.1, -0.05) is 0 Å². The van der Waals surface area contributed by atoms with E-state index in [0.717, 1.165) is 0 Å².